The molecule has 1 aromatic heterocycles. The van der Waals surface area contributed by atoms with Crippen molar-refractivity contribution in [3.8, 4) is 0 Å². The molecule has 0 saturated heterocycles. The molecule has 2 heterocycles. The first-order chi connectivity index (χ1) is 14.1. The van der Waals surface area contributed by atoms with Gasteiger partial charge in [0, 0.05) is 32.4 Å². The summed E-state index contributed by atoms with van der Waals surface area (Å²) in [4.78, 5) is 31.1. The first-order valence-electron chi connectivity index (χ1n) is 10.0. The van der Waals surface area contributed by atoms with Crippen LogP contribution in [0.25, 0.3) is 0 Å². The number of rotatable bonds is 8. The number of hydrogen-bond donors (Lipinski definition) is 1. The van der Waals surface area contributed by atoms with Crippen LogP contribution in [0.2, 0.25) is 0 Å². The molecule has 0 unspecified atom stereocenters. The van der Waals surface area contributed by atoms with E-state index in [2.05, 4.69) is 34.1 Å². The Morgan fingerprint density at radius 3 is 2.48 bits per heavy atom. The Balaban J connectivity index is 1.48. The molecule has 0 fully saturated rings. The summed E-state index contributed by atoms with van der Waals surface area (Å²) in [5, 5.41) is 8.68. The minimum atomic E-state index is -0.206. The topological polar surface area (TPSA) is 77.9 Å². The lowest BCUT2D eigenvalue weighted by Crippen LogP contribution is -2.25. The van der Waals surface area contributed by atoms with Gasteiger partial charge in [-0.05, 0) is 31.5 Å². The van der Waals surface area contributed by atoms with E-state index in [9.17, 15) is 9.59 Å². The Kier molecular flexibility index (Phi) is 6.94. The zero-order chi connectivity index (χ0) is 20.6. The number of amides is 2. The second-order valence-corrected chi connectivity index (χ2v) is 6.81. The minimum absolute atomic E-state index is 0.114. The Labute approximate surface area is 171 Å². The number of nitrogens with one attached hydrogen (secondary N) is 1. The van der Waals surface area contributed by atoms with Crippen LogP contribution < -0.4 is 10.2 Å². The first-order valence-corrected chi connectivity index (χ1v) is 10.0. The summed E-state index contributed by atoms with van der Waals surface area (Å²) in [6.07, 6.45) is 2.61. The smallest absolute Gasteiger partial charge is 0.243 e. The van der Waals surface area contributed by atoms with Crippen LogP contribution in [-0.4, -0.2) is 47.2 Å². The van der Waals surface area contributed by atoms with Crippen molar-refractivity contribution in [2.24, 2.45) is 5.10 Å². The van der Waals surface area contributed by atoms with E-state index in [1.165, 1.54) is 5.01 Å². The van der Waals surface area contributed by atoms with E-state index >= 15 is 0 Å². The van der Waals surface area contributed by atoms with E-state index in [4.69, 9.17) is 0 Å². The largest absolute Gasteiger partial charge is 0.357 e. The molecule has 1 N–H and O–H groups in total. The molecule has 152 valence electrons. The van der Waals surface area contributed by atoms with Crippen LogP contribution >= 0.6 is 0 Å². The highest BCUT2D eigenvalue weighted by Crippen LogP contribution is 2.16. The van der Waals surface area contributed by atoms with Gasteiger partial charge in [-0.1, -0.05) is 30.3 Å². The standard InChI is InChI=1S/C22H27N5O2/c1-3-26(4-2)20-11-10-18(16-23-20)24-21(28)12-13-22(29)27-15-14-19(25-27)17-8-6-5-7-9-17/h5-11,16H,3-4,12-15H2,1-2H3,(H,24,28). The molecule has 1 aliphatic heterocycles. The van der Waals surface area contributed by atoms with Crippen LogP contribution in [0, 0.1) is 0 Å². The second kappa shape index (κ2) is 9.82. The molecule has 2 amide bonds. The van der Waals surface area contributed by atoms with Crippen LogP contribution in [0.1, 0.15) is 38.7 Å². The average molecular weight is 393 g/mol. The van der Waals surface area contributed by atoms with Gasteiger partial charge < -0.3 is 10.2 Å². The van der Waals surface area contributed by atoms with Crippen molar-refractivity contribution in [2.75, 3.05) is 29.9 Å². The number of pyridine rings is 1. The predicted octanol–water partition coefficient (Wildman–Crippen LogP) is 3.28. The molecule has 0 atom stereocenters. The molecule has 1 aliphatic rings. The summed E-state index contributed by atoms with van der Waals surface area (Å²) in [5.74, 6) is 0.535. The number of hydrazone groups is 1. The Morgan fingerprint density at radius 2 is 1.83 bits per heavy atom. The fourth-order valence-electron chi connectivity index (χ4n) is 3.24. The third kappa shape index (κ3) is 5.40. The van der Waals surface area contributed by atoms with Crippen LogP contribution in [0.15, 0.2) is 53.8 Å². The SMILES string of the molecule is CCN(CC)c1ccc(NC(=O)CCC(=O)N2CCC(c3ccccc3)=N2)cn1. The summed E-state index contributed by atoms with van der Waals surface area (Å²) < 4.78 is 0. The number of benzene rings is 1. The van der Waals surface area contributed by atoms with Gasteiger partial charge in [-0.3, -0.25) is 9.59 Å². The normalized spacial score (nSPS) is 13.2. The van der Waals surface area contributed by atoms with Crippen LogP contribution in [-0.2, 0) is 9.59 Å². The summed E-state index contributed by atoms with van der Waals surface area (Å²) >= 11 is 0. The molecular formula is C22H27N5O2. The fraction of sp³-hybridized carbons (Fsp3) is 0.364. The number of carbonyl (C=O) groups excluding carboxylic acids is 2. The van der Waals surface area contributed by atoms with Gasteiger partial charge in [-0.25, -0.2) is 9.99 Å². The Hall–Kier alpha value is -3.22. The van der Waals surface area contributed by atoms with E-state index in [0.717, 1.165) is 36.6 Å². The number of carbonyl (C=O) groups is 2. The lowest BCUT2D eigenvalue weighted by Gasteiger charge is -2.19. The third-order valence-electron chi connectivity index (χ3n) is 4.88. The summed E-state index contributed by atoms with van der Waals surface area (Å²) in [7, 11) is 0. The molecule has 0 aliphatic carbocycles. The van der Waals surface area contributed by atoms with Gasteiger partial charge >= 0.3 is 0 Å². The van der Waals surface area contributed by atoms with Crippen molar-refractivity contribution >= 4 is 29.0 Å². The monoisotopic (exact) mass is 393 g/mol. The average Bonchev–Trinajstić information content (AvgIpc) is 3.25. The van der Waals surface area contributed by atoms with E-state index in [0.29, 0.717) is 12.2 Å². The van der Waals surface area contributed by atoms with Crippen LogP contribution in [0.3, 0.4) is 0 Å². The maximum Gasteiger partial charge on any atom is 0.243 e. The highest BCUT2D eigenvalue weighted by Gasteiger charge is 2.21. The molecule has 2 aromatic rings. The van der Waals surface area contributed by atoms with Gasteiger partial charge in [-0.15, -0.1) is 0 Å². The lowest BCUT2D eigenvalue weighted by atomic mass is 10.1. The van der Waals surface area contributed by atoms with Gasteiger partial charge in [0.05, 0.1) is 24.1 Å². The summed E-state index contributed by atoms with van der Waals surface area (Å²) in [5.41, 5.74) is 2.56. The molecule has 7 heteroatoms. The number of hydrogen-bond acceptors (Lipinski definition) is 5. The van der Waals surface area contributed by atoms with Crippen molar-refractivity contribution in [3.05, 3.63) is 54.2 Å². The van der Waals surface area contributed by atoms with Crippen molar-refractivity contribution in [3.63, 3.8) is 0 Å². The van der Waals surface area contributed by atoms with Crippen LogP contribution in [0.5, 0.6) is 0 Å². The maximum absolute atomic E-state index is 12.4. The summed E-state index contributed by atoms with van der Waals surface area (Å²) in [6, 6.07) is 13.5. The zero-order valence-corrected chi connectivity index (χ0v) is 17.0. The Bertz CT molecular complexity index is 861. The number of nitrogens with zero attached hydrogens (tertiary/aromatic N) is 4. The van der Waals surface area contributed by atoms with Gasteiger partial charge in [0.2, 0.25) is 11.8 Å². The van der Waals surface area contributed by atoms with Crippen LogP contribution in [0.4, 0.5) is 11.5 Å². The first kappa shape index (κ1) is 20.5. The fourth-order valence-corrected chi connectivity index (χ4v) is 3.24. The number of aromatic nitrogens is 1. The van der Waals surface area contributed by atoms with E-state index in [-0.39, 0.29) is 24.7 Å². The quantitative estimate of drug-likeness (QED) is 0.747. The highest BCUT2D eigenvalue weighted by molar-refractivity contribution is 6.02. The molecule has 1 aromatic carbocycles. The molecule has 29 heavy (non-hydrogen) atoms. The van der Waals surface area contributed by atoms with Gasteiger partial charge in [0.15, 0.2) is 0 Å². The molecule has 0 radical (unpaired) electrons. The zero-order valence-electron chi connectivity index (χ0n) is 17.0. The van der Waals surface area contributed by atoms with E-state index in [1.54, 1.807) is 6.20 Å². The minimum Gasteiger partial charge on any atom is -0.357 e. The van der Waals surface area contributed by atoms with Crippen molar-refractivity contribution < 1.29 is 9.59 Å². The van der Waals surface area contributed by atoms with Gasteiger partial charge in [0.1, 0.15) is 5.82 Å². The number of anilines is 2. The third-order valence-corrected chi connectivity index (χ3v) is 4.88. The van der Waals surface area contributed by atoms with Crippen molar-refractivity contribution in [1.82, 2.24) is 9.99 Å². The van der Waals surface area contributed by atoms with E-state index < -0.39 is 0 Å². The maximum atomic E-state index is 12.4. The van der Waals surface area contributed by atoms with Crippen molar-refractivity contribution in [2.45, 2.75) is 33.1 Å². The van der Waals surface area contributed by atoms with Crippen molar-refractivity contribution in [1.29, 1.82) is 0 Å². The molecule has 0 saturated carbocycles. The second-order valence-electron chi connectivity index (χ2n) is 6.81. The lowest BCUT2D eigenvalue weighted by molar-refractivity contribution is -0.132. The molecule has 3 rings (SSSR count). The van der Waals surface area contributed by atoms with E-state index in [1.807, 2.05) is 42.5 Å². The molecule has 0 spiro atoms. The molecule has 7 nitrogen and oxygen atoms in total. The molecular weight excluding hydrogens is 366 g/mol. The molecule has 0 bridgehead atoms. The van der Waals surface area contributed by atoms with Gasteiger partial charge in [-0.2, -0.15) is 5.10 Å². The predicted molar refractivity (Wildman–Crippen MR) is 115 cm³/mol. The Morgan fingerprint density at radius 1 is 1.07 bits per heavy atom. The summed E-state index contributed by atoms with van der Waals surface area (Å²) in [6.45, 7) is 6.46. The van der Waals surface area contributed by atoms with Gasteiger partial charge in [0.25, 0.3) is 0 Å². The highest BCUT2D eigenvalue weighted by atomic mass is 16.2.